The molecule has 0 bridgehead atoms. The second kappa shape index (κ2) is 8.60. The highest BCUT2D eigenvalue weighted by molar-refractivity contribution is 5.82. The van der Waals surface area contributed by atoms with Crippen LogP contribution in [-0.4, -0.2) is 62.8 Å². The zero-order valence-corrected chi connectivity index (χ0v) is 12.7. The first kappa shape index (κ1) is 15.7. The normalized spacial score (nSPS) is 25.6. The number of hydrogen-bond donors (Lipinski definition) is 2. The van der Waals surface area contributed by atoms with E-state index in [4.69, 9.17) is 4.74 Å². The van der Waals surface area contributed by atoms with E-state index in [1.165, 1.54) is 12.8 Å². The summed E-state index contributed by atoms with van der Waals surface area (Å²) >= 11 is 0. The van der Waals surface area contributed by atoms with Crippen LogP contribution in [0.15, 0.2) is 0 Å². The van der Waals surface area contributed by atoms with E-state index in [9.17, 15) is 4.79 Å². The Morgan fingerprint density at radius 1 is 1.30 bits per heavy atom. The molecular weight excluding hydrogens is 254 g/mol. The Bertz CT molecular complexity index is 285. The molecule has 1 atom stereocenters. The van der Waals surface area contributed by atoms with Crippen LogP contribution in [0.1, 0.15) is 38.5 Å². The monoisotopic (exact) mass is 283 g/mol. The molecule has 0 radical (unpaired) electrons. The number of ether oxygens (including phenoxy) is 1. The second-order valence-electron chi connectivity index (χ2n) is 5.97. The van der Waals surface area contributed by atoms with E-state index in [1.807, 2.05) is 0 Å². The van der Waals surface area contributed by atoms with Crippen LogP contribution in [0.2, 0.25) is 0 Å². The topological polar surface area (TPSA) is 53.6 Å². The largest absolute Gasteiger partial charge is 0.385 e. The molecule has 5 heteroatoms. The number of rotatable bonds is 6. The van der Waals surface area contributed by atoms with Crippen LogP contribution in [0.25, 0.3) is 0 Å². The molecule has 2 rings (SSSR count). The molecule has 0 aromatic rings. The van der Waals surface area contributed by atoms with Crippen molar-refractivity contribution >= 4 is 5.91 Å². The van der Waals surface area contributed by atoms with Crippen LogP contribution in [0, 0.1) is 0 Å². The minimum atomic E-state index is 0.0449. The molecule has 0 aromatic heterocycles. The predicted octanol–water partition coefficient (Wildman–Crippen LogP) is 0.746. The van der Waals surface area contributed by atoms with Crippen LogP contribution in [0.5, 0.6) is 0 Å². The number of amides is 1. The van der Waals surface area contributed by atoms with Gasteiger partial charge in [-0.05, 0) is 38.6 Å². The van der Waals surface area contributed by atoms with Gasteiger partial charge in [-0.15, -0.1) is 0 Å². The summed E-state index contributed by atoms with van der Waals surface area (Å²) in [6.07, 6.45) is 6.60. The van der Waals surface area contributed by atoms with Crippen LogP contribution >= 0.6 is 0 Å². The summed E-state index contributed by atoms with van der Waals surface area (Å²) in [5.41, 5.74) is 0. The minimum absolute atomic E-state index is 0.0449. The first-order chi connectivity index (χ1) is 9.79. The van der Waals surface area contributed by atoms with Crippen LogP contribution in [-0.2, 0) is 9.53 Å². The van der Waals surface area contributed by atoms with Crippen LogP contribution < -0.4 is 10.6 Å². The maximum absolute atomic E-state index is 12.2. The first-order valence-electron chi connectivity index (χ1n) is 8.04. The summed E-state index contributed by atoms with van der Waals surface area (Å²) in [5, 5.41) is 6.54. The Balaban J connectivity index is 1.62. The molecule has 2 aliphatic heterocycles. The van der Waals surface area contributed by atoms with E-state index >= 15 is 0 Å². The molecular formula is C15H29N3O2. The fraction of sp³-hybridized carbons (Fsp3) is 0.933. The number of nitrogens with one attached hydrogen (secondary N) is 2. The molecule has 2 fully saturated rings. The Morgan fingerprint density at radius 3 is 2.75 bits per heavy atom. The molecule has 2 N–H and O–H groups in total. The smallest absolute Gasteiger partial charge is 0.237 e. The number of carbonyl (C=O) groups is 1. The van der Waals surface area contributed by atoms with E-state index in [0.717, 1.165) is 58.5 Å². The lowest BCUT2D eigenvalue weighted by atomic mass is 10.0. The van der Waals surface area contributed by atoms with Crippen LogP contribution in [0.4, 0.5) is 0 Å². The number of piperidine rings is 2. The Hall–Kier alpha value is -0.650. The number of nitrogens with zero attached hydrogens (tertiary/aromatic N) is 1. The van der Waals surface area contributed by atoms with Gasteiger partial charge in [-0.2, -0.15) is 0 Å². The lowest BCUT2D eigenvalue weighted by molar-refractivity contribution is -0.124. The second-order valence-corrected chi connectivity index (χ2v) is 5.97. The Morgan fingerprint density at radius 2 is 2.10 bits per heavy atom. The molecule has 2 aliphatic rings. The average molecular weight is 283 g/mol. The van der Waals surface area contributed by atoms with Crippen molar-refractivity contribution in [2.45, 2.75) is 50.6 Å². The third-order valence-electron chi connectivity index (χ3n) is 4.38. The fourth-order valence-corrected chi connectivity index (χ4v) is 3.11. The molecule has 20 heavy (non-hydrogen) atoms. The number of methoxy groups -OCH3 is 1. The van der Waals surface area contributed by atoms with Gasteiger partial charge in [-0.1, -0.05) is 6.42 Å². The fourth-order valence-electron chi connectivity index (χ4n) is 3.11. The van der Waals surface area contributed by atoms with Gasteiger partial charge in [-0.25, -0.2) is 0 Å². The van der Waals surface area contributed by atoms with Gasteiger partial charge >= 0.3 is 0 Å². The van der Waals surface area contributed by atoms with Gasteiger partial charge in [0.2, 0.25) is 5.91 Å². The van der Waals surface area contributed by atoms with E-state index in [0.29, 0.717) is 6.04 Å². The number of carbonyl (C=O) groups excluding carboxylic acids is 1. The summed E-state index contributed by atoms with van der Waals surface area (Å²) in [6, 6.07) is 0.411. The van der Waals surface area contributed by atoms with E-state index in [1.54, 1.807) is 7.11 Å². The molecule has 0 aliphatic carbocycles. The van der Waals surface area contributed by atoms with E-state index < -0.39 is 0 Å². The predicted molar refractivity (Wildman–Crippen MR) is 79.7 cm³/mol. The molecule has 0 saturated carbocycles. The Kier molecular flexibility index (Phi) is 6.76. The summed E-state index contributed by atoms with van der Waals surface area (Å²) in [5.74, 6) is 0.211. The third kappa shape index (κ3) is 5.04. The van der Waals surface area contributed by atoms with Crippen molar-refractivity contribution in [3.8, 4) is 0 Å². The van der Waals surface area contributed by atoms with E-state index in [-0.39, 0.29) is 11.9 Å². The van der Waals surface area contributed by atoms with Gasteiger partial charge in [0, 0.05) is 39.4 Å². The zero-order chi connectivity index (χ0) is 14.2. The number of hydrogen-bond acceptors (Lipinski definition) is 4. The van der Waals surface area contributed by atoms with Gasteiger partial charge in [0.05, 0.1) is 6.04 Å². The van der Waals surface area contributed by atoms with Crippen molar-refractivity contribution in [3.63, 3.8) is 0 Å². The summed E-state index contributed by atoms with van der Waals surface area (Å²) in [6.45, 7) is 5.11. The molecule has 0 unspecified atom stereocenters. The van der Waals surface area contributed by atoms with Crippen molar-refractivity contribution < 1.29 is 9.53 Å². The van der Waals surface area contributed by atoms with Crippen LogP contribution in [0.3, 0.4) is 0 Å². The Labute approximate surface area is 122 Å². The highest BCUT2D eigenvalue weighted by Gasteiger charge is 2.25. The average Bonchev–Trinajstić information content (AvgIpc) is 2.50. The maximum atomic E-state index is 12.2. The summed E-state index contributed by atoms with van der Waals surface area (Å²) in [7, 11) is 1.75. The molecule has 5 nitrogen and oxygen atoms in total. The van der Waals surface area contributed by atoms with Crippen molar-refractivity contribution in [2.24, 2.45) is 0 Å². The van der Waals surface area contributed by atoms with Gasteiger partial charge < -0.3 is 20.3 Å². The molecule has 0 spiro atoms. The van der Waals surface area contributed by atoms with Crippen molar-refractivity contribution in [2.75, 3.05) is 39.9 Å². The van der Waals surface area contributed by atoms with E-state index in [2.05, 4.69) is 15.5 Å². The molecule has 1 amide bonds. The highest BCUT2D eigenvalue weighted by Crippen LogP contribution is 2.12. The lowest BCUT2D eigenvalue weighted by Crippen LogP contribution is -2.52. The quantitative estimate of drug-likeness (QED) is 0.706. The molecule has 116 valence electrons. The van der Waals surface area contributed by atoms with Gasteiger partial charge in [0.25, 0.3) is 0 Å². The maximum Gasteiger partial charge on any atom is 0.237 e. The van der Waals surface area contributed by atoms with Gasteiger partial charge in [0.1, 0.15) is 0 Å². The van der Waals surface area contributed by atoms with Crippen molar-refractivity contribution in [1.29, 1.82) is 0 Å². The molecule has 2 heterocycles. The number of likely N-dealkylation sites (tertiary alicyclic amines) is 1. The zero-order valence-electron chi connectivity index (χ0n) is 12.7. The first-order valence-corrected chi connectivity index (χ1v) is 8.04. The van der Waals surface area contributed by atoms with Crippen molar-refractivity contribution in [1.82, 2.24) is 15.5 Å². The lowest BCUT2D eigenvalue weighted by Gasteiger charge is -2.33. The molecule has 0 aromatic carbocycles. The third-order valence-corrected chi connectivity index (χ3v) is 4.38. The van der Waals surface area contributed by atoms with Crippen molar-refractivity contribution in [3.05, 3.63) is 0 Å². The van der Waals surface area contributed by atoms with Gasteiger partial charge in [-0.3, -0.25) is 4.79 Å². The SMILES string of the molecule is COCCCN1CCC(NC(=O)[C@H]2CCCCN2)CC1. The standard InChI is InChI=1S/C15H29N3O2/c1-20-12-4-9-18-10-6-13(7-11-18)17-15(19)14-5-2-3-8-16-14/h13-14,16H,2-12H2,1H3,(H,17,19)/t14-/m1/s1. The molecule has 2 saturated heterocycles. The summed E-state index contributed by atoms with van der Waals surface area (Å²) < 4.78 is 5.08. The van der Waals surface area contributed by atoms with Gasteiger partial charge in [0.15, 0.2) is 0 Å². The summed E-state index contributed by atoms with van der Waals surface area (Å²) in [4.78, 5) is 14.6. The minimum Gasteiger partial charge on any atom is -0.385 e. The highest BCUT2D eigenvalue weighted by atomic mass is 16.5.